The third-order valence-electron chi connectivity index (χ3n) is 7.14. The monoisotopic (exact) mass is 711 g/mol. The van der Waals surface area contributed by atoms with Crippen molar-refractivity contribution in [3.63, 3.8) is 0 Å². The molecule has 1 amide bonds. The Morgan fingerprint density at radius 1 is 1.33 bits per heavy atom. The quantitative estimate of drug-likeness (QED) is 0.307. The van der Waals surface area contributed by atoms with Crippen LogP contribution in [-0.4, -0.2) is 30.8 Å². The number of amides is 1. The van der Waals surface area contributed by atoms with Gasteiger partial charge in [0.2, 0.25) is 0 Å². The first kappa shape index (κ1) is 25.7. The van der Waals surface area contributed by atoms with Crippen molar-refractivity contribution in [2.45, 2.75) is 26.7 Å². The van der Waals surface area contributed by atoms with Crippen molar-refractivity contribution in [3.8, 4) is 11.1 Å². The molecule has 1 aromatic carbocycles. The molecule has 0 spiro atoms. The Labute approximate surface area is 230 Å². The van der Waals surface area contributed by atoms with Crippen LogP contribution < -0.4 is 15.8 Å². The number of halogens is 3. The average Bonchev–Trinajstić information content (AvgIpc) is 3.50. The molecule has 2 aliphatic carbocycles. The second-order valence-electron chi connectivity index (χ2n) is 9.42. The number of carbonyl (C=O) groups excluding carboxylic acids is 1. The minimum absolute atomic E-state index is 0.0238. The van der Waals surface area contributed by atoms with E-state index in [1.807, 2.05) is 31.2 Å². The number of aliphatic hydroxyl groups is 1. The third-order valence-corrected chi connectivity index (χ3v) is 13.3. The van der Waals surface area contributed by atoms with Gasteiger partial charge in [0, 0.05) is 12.4 Å². The summed E-state index contributed by atoms with van der Waals surface area (Å²) < 4.78 is 19.6. The number of pyridine rings is 1. The van der Waals surface area contributed by atoms with E-state index in [2.05, 4.69) is 50.0 Å². The van der Waals surface area contributed by atoms with Gasteiger partial charge in [0.1, 0.15) is 0 Å². The number of nitrogens with one attached hydrogen (secondary N) is 2. The molecule has 0 unspecified atom stereocenters. The number of benzene rings is 1. The summed E-state index contributed by atoms with van der Waals surface area (Å²) in [4.78, 5) is 17.4. The van der Waals surface area contributed by atoms with Crippen LogP contribution in [-0.2, 0) is 4.79 Å². The molecule has 1 aliphatic heterocycles. The molecule has 2 aromatic rings. The molecule has 8 heteroatoms. The normalized spacial score (nSPS) is 23.6. The zero-order valence-corrected chi connectivity index (χ0v) is 24.4. The summed E-state index contributed by atoms with van der Waals surface area (Å²) in [6.45, 7) is 4.15. The van der Waals surface area contributed by atoms with E-state index in [1.54, 1.807) is 12.4 Å². The number of rotatable bonds is 6. The van der Waals surface area contributed by atoms with Gasteiger partial charge >= 0.3 is 192 Å². The van der Waals surface area contributed by atoms with Crippen LogP contribution >= 0.6 is 42.4 Å². The van der Waals surface area contributed by atoms with Gasteiger partial charge in [-0.1, -0.05) is 0 Å². The second kappa shape index (κ2) is 10.4. The van der Waals surface area contributed by atoms with Gasteiger partial charge in [-0.3, -0.25) is 4.98 Å². The van der Waals surface area contributed by atoms with Crippen molar-refractivity contribution in [1.29, 1.82) is 5.41 Å². The zero-order valence-electron chi connectivity index (χ0n) is 20.1. The van der Waals surface area contributed by atoms with Crippen molar-refractivity contribution in [3.05, 3.63) is 71.3 Å². The predicted molar refractivity (Wildman–Crippen MR) is 159 cm³/mol. The molecule has 0 bridgehead atoms. The summed E-state index contributed by atoms with van der Waals surface area (Å²) in [6, 6.07) is 3.73. The maximum atomic E-state index is 15.4. The minimum atomic E-state index is -1.58. The Kier molecular flexibility index (Phi) is 7.46. The number of allylic oxidation sites excluding steroid dienone is 3. The molecule has 5 rings (SSSR count). The maximum absolute atomic E-state index is 15.4. The third kappa shape index (κ3) is 4.71. The Balaban J connectivity index is 1.44. The van der Waals surface area contributed by atoms with Crippen LogP contribution in [0.15, 0.2) is 46.0 Å². The Bertz CT molecular complexity index is 1450. The second-order valence-corrected chi connectivity index (χ2v) is 15.5. The molecule has 5 nitrogen and oxygen atoms in total. The van der Waals surface area contributed by atoms with E-state index in [9.17, 15) is 9.90 Å². The number of aromatic nitrogens is 1. The Hall–Kier alpha value is -1.92. The molecule has 188 valence electrons. The van der Waals surface area contributed by atoms with Crippen LogP contribution in [0.5, 0.6) is 0 Å². The van der Waals surface area contributed by atoms with E-state index in [-0.39, 0.29) is 36.1 Å². The number of fused-ring (bicyclic) bond motifs is 1. The molecular weight excluding hydrogens is 683 g/mol. The number of aliphatic hydroxyl groups excluding tert-OH is 1. The van der Waals surface area contributed by atoms with Crippen LogP contribution in [0.2, 0.25) is 0 Å². The van der Waals surface area contributed by atoms with Gasteiger partial charge in [-0.25, -0.2) is 4.39 Å². The van der Waals surface area contributed by atoms with E-state index in [0.29, 0.717) is 9.13 Å². The molecule has 1 aromatic heterocycles. The number of nitrogens with zero attached hydrogens (tertiary/aromatic N) is 1. The van der Waals surface area contributed by atoms with Gasteiger partial charge in [-0.15, -0.1) is 0 Å². The fourth-order valence-corrected chi connectivity index (χ4v) is 9.93. The summed E-state index contributed by atoms with van der Waals surface area (Å²) in [5.74, 6) is -0.108. The standard InChI is InChI=1S/C28H28FI2N3O2/c1-15-7-9-33-14-22(15)20-12-17-11-18(5-3-4-6-19(17)26(30)25(20)29)34-28(36)24-16(2)23(24)21-13-31(8-10-35)27(21)32/h5-7,9,11-14,16,23-24,32,35H,3-4,8,10H2,1-2H3,(H,34,36)/t16-,23-,24+/m0/s1. The summed E-state index contributed by atoms with van der Waals surface area (Å²) in [6.07, 6.45) is 10.9. The molecule has 3 N–H and O–H groups in total. The van der Waals surface area contributed by atoms with Crippen LogP contribution in [0.4, 0.5) is 4.39 Å². The van der Waals surface area contributed by atoms with Crippen LogP contribution in [0, 0.1) is 39.5 Å². The van der Waals surface area contributed by atoms with Crippen LogP contribution in [0.1, 0.15) is 25.3 Å². The topological polar surface area (TPSA) is 86.1 Å². The van der Waals surface area contributed by atoms with E-state index in [4.69, 9.17) is 5.41 Å². The number of hydrogen-bond acceptors (Lipinski definition) is 4. The number of aryl methyl sites for hydroxylation is 1. The van der Waals surface area contributed by atoms with Gasteiger partial charge < -0.3 is 0 Å². The van der Waals surface area contributed by atoms with Crippen molar-refractivity contribution >= 4 is 64.2 Å². The first-order chi connectivity index (χ1) is 17.3. The molecule has 3 atom stereocenters. The fraction of sp³-hybridized carbons (Fsp3) is 0.321. The van der Waals surface area contributed by atoms with Gasteiger partial charge in [0.25, 0.3) is 0 Å². The van der Waals surface area contributed by atoms with Crippen LogP contribution in [0.25, 0.3) is 23.3 Å². The Morgan fingerprint density at radius 3 is 2.83 bits per heavy atom. The van der Waals surface area contributed by atoms with E-state index < -0.39 is 19.8 Å². The number of carbonyl (C=O) groups is 1. The molecule has 0 radical (unpaired) electrons. The molecule has 1 fully saturated rings. The SMILES string of the molecule is Cc1ccncc1-c1cc2c(c(I)c1F)=CCCC=C(NC(=O)[C@@H]1[C@@H](C)[C@H]1C1=CI(CCO)C1=N)C=2. The van der Waals surface area contributed by atoms with Gasteiger partial charge in [0.15, 0.2) is 0 Å². The van der Waals surface area contributed by atoms with Gasteiger partial charge in [0.05, 0.1) is 0 Å². The molecule has 1 saturated carbocycles. The molecule has 2 heterocycles. The van der Waals surface area contributed by atoms with Crippen molar-refractivity contribution < 1.29 is 14.3 Å². The van der Waals surface area contributed by atoms with Gasteiger partial charge in [-0.2, -0.15) is 0 Å². The Morgan fingerprint density at radius 2 is 2.11 bits per heavy atom. The average molecular weight is 711 g/mol. The number of alkyl halides is 1. The summed E-state index contributed by atoms with van der Waals surface area (Å²) >= 11 is 0.494. The first-order valence-electron chi connectivity index (χ1n) is 12.0. The molecular formula is C28H28FI2N3O2. The van der Waals surface area contributed by atoms with Crippen molar-refractivity contribution in [2.24, 2.45) is 17.8 Å². The zero-order chi connectivity index (χ0) is 25.6. The molecule has 0 saturated heterocycles. The molecule has 36 heavy (non-hydrogen) atoms. The van der Waals surface area contributed by atoms with E-state index in [1.165, 1.54) is 0 Å². The molecule has 3 aliphatic rings. The number of hydrogen-bond donors (Lipinski definition) is 3. The summed E-state index contributed by atoms with van der Waals surface area (Å²) in [5.41, 5.74) is 3.98. The van der Waals surface area contributed by atoms with Crippen molar-refractivity contribution in [2.75, 3.05) is 11.0 Å². The summed E-state index contributed by atoms with van der Waals surface area (Å²) in [5, 5.41) is 22.4. The van der Waals surface area contributed by atoms with Crippen LogP contribution in [0.3, 0.4) is 0 Å². The van der Waals surface area contributed by atoms with E-state index in [0.717, 1.165) is 53.8 Å². The van der Waals surface area contributed by atoms with E-state index >= 15 is 4.39 Å². The predicted octanol–water partition coefficient (Wildman–Crippen LogP) is 4.41. The fourth-order valence-electron chi connectivity index (χ4n) is 5.07. The summed E-state index contributed by atoms with van der Waals surface area (Å²) in [7, 11) is 0. The van der Waals surface area contributed by atoms with Crippen molar-refractivity contribution in [1.82, 2.24) is 10.3 Å². The van der Waals surface area contributed by atoms with Gasteiger partial charge in [-0.05, 0) is 18.6 Å². The first-order valence-corrected chi connectivity index (χ1v) is 16.9.